The molecule has 1 aliphatic carbocycles. The van der Waals surface area contributed by atoms with Crippen LogP contribution in [0.1, 0.15) is 53.4 Å². The van der Waals surface area contributed by atoms with Crippen LogP contribution in [-0.2, 0) is 6.42 Å². The third kappa shape index (κ3) is 5.26. The summed E-state index contributed by atoms with van der Waals surface area (Å²) in [6.07, 6.45) is 3.69. The molecule has 6 rings (SSSR count). The molecular weight excluding hydrogens is 458 g/mol. The summed E-state index contributed by atoms with van der Waals surface area (Å²) in [5.41, 5.74) is 5.98. The highest BCUT2D eigenvalue weighted by atomic mass is 16.3. The van der Waals surface area contributed by atoms with E-state index in [0.29, 0.717) is 11.7 Å². The Balaban J connectivity index is 1.20. The lowest BCUT2D eigenvalue weighted by Gasteiger charge is -2.42. The molecule has 2 unspecified atom stereocenters. The van der Waals surface area contributed by atoms with Crippen LogP contribution in [-0.4, -0.2) is 66.5 Å². The SMILES string of the molecule is Oc1ccc2c(c1)CCC(c1ccccc1)C2c1ccc(N2CCC(O)(CN3CCNCC3)CC2)cc1. The number of nitrogens with one attached hydrogen (secondary N) is 1. The van der Waals surface area contributed by atoms with Crippen molar-refractivity contribution < 1.29 is 10.2 Å². The van der Waals surface area contributed by atoms with E-state index in [0.717, 1.165) is 71.5 Å². The minimum atomic E-state index is -0.575. The number of piperidine rings is 1. The summed E-state index contributed by atoms with van der Waals surface area (Å²) in [6, 6.07) is 25.9. The molecule has 3 aromatic carbocycles. The molecule has 5 heteroatoms. The number of rotatable bonds is 5. The maximum atomic E-state index is 11.2. The lowest BCUT2D eigenvalue weighted by Crippen LogP contribution is -2.54. The van der Waals surface area contributed by atoms with Crippen LogP contribution < -0.4 is 10.2 Å². The zero-order chi connectivity index (χ0) is 25.2. The van der Waals surface area contributed by atoms with Crippen LogP contribution in [0.15, 0.2) is 72.8 Å². The molecule has 0 aromatic heterocycles. The standard InChI is InChI=1S/C32H39N3O2/c36-28-11-13-30-26(22-28)8-12-29(24-4-2-1-3-5-24)31(30)25-6-9-27(10-7-25)35-18-14-32(37,15-19-35)23-34-20-16-33-17-21-34/h1-7,9-11,13,22,29,31,33,36-37H,8,12,14-21,23H2. The number of phenols is 1. The van der Waals surface area contributed by atoms with Crippen LogP contribution >= 0.6 is 0 Å². The van der Waals surface area contributed by atoms with Gasteiger partial charge in [-0.2, -0.15) is 0 Å². The normalized spacial score (nSPS) is 24.0. The smallest absolute Gasteiger partial charge is 0.115 e. The number of hydrogen-bond donors (Lipinski definition) is 3. The minimum Gasteiger partial charge on any atom is -0.508 e. The molecule has 2 fully saturated rings. The number of aliphatic hydroxyl groups is 1. The molecule has 0 saturated carbocycles. The molecule has 2 saturated heterocycles. The van der Waals surface area contributed by atoms with Crippen LogP contribution in [0.5, 0.6) is 5.75 Å². The Labute approximate surface area is 220 Å². The third-order valence-corrected chi connectivity index (χ3v) is 8.86. The second kappa shape index (κ2) is 10.5. The maximum absolute atomic E-state index is 11.2. The van der Waals surface area contributed by atoms with Gasteiger partial charge in [-0.05, 0) is 78.1 Å². The number of nitrogens with zero attached hydrogens (tertiary/aromatic N) is 2. The lowest BCUT2D eigenvalue weighted by molar-refractivity contribution is -0.0186. The van der Waals surface area contributed by atoms with Gasteiger partial charge in [0.1, 0.15) is 5.75 Å². The largest absolute Gasteiger partial charge is 0.508 e. The van der Waals surface area contributed by atoms with Crippen molar-refractivity contribution in [2.45, 2.75) is 43.1 Å². The maximum Gasteiger partial charge on any atom is 0.115 e. The van der Waals surface area contributed by atoms with Crippen LogP contribution in [0, 0.1) is 0 Å². The minimum absolute atomic E-state index is 0.270. The van der Waals surface area contributed by atoms with E-state index in [1.807, 2.05) is 12.1 Å². The van der Waals surface area contributed by atoms with E-state index in [1.54, 1.807) is 0 Å². The average Bonchev–Trinajstić information content (AvgIpc) is 2.94. The van der Waals surface area contributed by atoms with E-state index in [9.17, 15) is 10.2 Å². The van der Waals surface area contributed by atoms with Gasteiger partial charge in [0.15, 0.2) is 0 Å². The number of piperazine rings is 1. The molecule has 3 aromatic rings. The van der Waals surface area contributed by atoms with E-state index in [1.165, 1.54) is 27.9 Å². The van der Waals surface area contributed by atoms with Crippen molar-refractivity contribution in [2.24, 2.45) is 0 Å². The lowest BCUT2D eigenvalue weighted by atomic mass is 9.69. The van der Waals surface area contributed by atoms with E-state index in [4.69, 9.17) is 0 Å². The number of hydrogen-bond acceptors (Lipinski definition) is 5. The molecule has 0 radical (unpaired) electrons. The quantitative estimate of drug-likeness (QED) is 0.485. The second-order valence-electron chi connectivity index (χ2n) is 11.2. The van der Waals surface area contributed by atoms with Crippen molar-refractivity contribution in [3.8, 4) is 5.75 Å². The number of aromatic hydroxyl groups is 1. The van der Waals surface area contributed by atoms with Gasteiger partial charge >= 0.3 is 0 Å². The van der Waals surface area contributed by atoms with E-state index < -0.39 is 5.60 Å². The highest BCUT2D eigenvalue weighted by Crippen LogP contribution is 2.47. The Hall–Kier alpha value is -2.86. The highest BCUT2D eigenvalue weighted by molar-refractivity contribution is 5.52. The Bertz CT molecular complexity index is 1180. The number of β-amino-alcohol motifs (C(OH)–C–C–N with tert-alkyl or cyclic N) is 1. The van der Waals surface area contributed by atoms with Crippen LogP contribution in [0.25, 0.3) is 0 Å². The molecule has 0 bridgehead atoms. The van der Waals surface area contributed by atoms with Gasteiger partial charge < -0.3 is 20.4 Å². The fourth-order valence-corrected chi connectivity index (χ4v) is 6.79. The Morgan fingerprint density at radius 3 is 2.30 bits per heavy atom. The van der Waals surface area contributed by atoms with Gasteiger partial charge in [0.2, 0.25) is 0 Å². The second-order valence-corrected chi connectivity index (χ2v) is 11.2. The van der Waals surface area contributed by atoms with Gasteiger partial charge in [0.25, 0.3) is 0 Å². The fraction of sp³-hybridized carbons (Fsp3) is 0.438. The summed E-state index contributed by atoms with van der Waals surface area (Å²) in [7, 11) is 0. The van der Waals surface area contributed by atoms with Gasteiger partial charge in [-0.3, -0.25) is 4.90 Å². The summed E-state index contributed by atoms with van der Waals surface area (Å²) < 4.78 is 0. The first-order valence-electron chi connectivity index (χ1n) is 14.0. The predicted octanol–water partition coefficient (Wildman–Crippen LogP) is 4.49. The first-order chi connectivity index (χ1) is 18.1. The van der Waals surface area contributed by atoms with Crippen molar-refractivity contribution in [1.82, 2.24) is 10.2 Å². The van der Waals surface area contributed by atoms with Crippen LogP contribution in [0.4, 0.5) is 5.69 Å². The molecule has 3 aliphatic rings. The molecule has 3 N–H and O–H groups in total. The molecule has 37 heavy (non-hydrogen) atoms. The van der Waals surface area contributed by atoms with Gasteiger partial charge in [0, 0.05) is 57.4 Å². The van der Waals surface area contributed by atoms with Gasteiger partial charge in [-0.25, -0.2) is 0 Å². The van der Waals surface area contributed by atoms with Crippen LogP contribution in [0.3, 0.4) is 0 Å². The van der Waals surface area contributed by atoms with E-state index >= 15 is 0 Å². The number of benzene rings is 3. The summed E-state index contributed by atoms with van der Waals surface area (Å²) in [4.78, 5) is 4.84. The van der Waals surface area contributed by atoms with Crippen molar-refractivity contribution in [3.05, 3.63) is 95.1 Å². The molecule has 5 nitrogen and oxygen atoms in total. The Kier molecular flexibility index (Phi) is 6.94. The van der Waals surface area contributed by atoms with Crippen molar-refractivity contribution >= 4 is 5.69 Å². The van der Waals surface area contributed by atoms with Crippen molar-refractivity contribution in [1.29, 1.82) is 0 Å². The molecule has 2 atom stereocenters. The van der Waals surface area contributed by atoms with E-state index in [2.05, 4.69) is 75.8 Å². The Morgan fingerprint density at radius 2 is 1.57 bits per heavy atom. The zero-order valence-electron chi connectivity index (χ0n) is 21.6. The number of fused-ring (bicyclic) bond motifs is 1. The number of phenolic OH excluding ortho intramolecular Hbond substituents is 1. The Morgan fingerprint density at radius 1 is 0.838 bits per heavy atom. The third-order valence-electron chi connectivity index (χ3n) is 8.86. The monoisotopic (exact) mass is 497 g/mol. The molecular formula is C32H39N3O2. The number of aryl methyl sites for hydroxylation is 1. The van der Waals surface area contributed by atoms with Gasteiger partial charge in [-0.1, -0.05) is 48.5 Å². The highest BCUT2D eigenvalue weighted by Gasteiger charge is 2.35. The fourth-order valence-electron chi connectivity index (χ4n) is 6.79. The zero-order valence-corrected chi connectivity index (χ0v) is 21.6. The topological polar surface area (TPSA) is 59.0 Å². The van der Waals surface area contributed by atoms with Crippen molar-refractivity contribution in [3.63, 3.8) is 0 Å². The number of anilines is 1. The first kappa shape index (κ1) is 24.5. The van der Waals surface area contributed by atoms with Crippen LogP contribution in [0.2, 0.25) is 0 Å². The molecule has 0 spiro atoms. The summed E-state index contributed by atoms with van der Waals surface area (Å²) >= 11 is 0. The van der Waals surface area contributed by atoms with Gasteiger partial charge in [-0.15, -0.1) is 0 Å². The average molecular weight is 498 g/mol. The van der Waals surface area contributed by atoms with Crippen molar-refractivity contribution in [2.75, 3.05) is 50.7 Å². The first-order valence-corrected chi connectivity index (χ1v) is 14.0. The molecule has 0 amide bonds. The summed E-state index contributed by atoms with van der Waals surface area (Å²) in [5, 5.41) is 24.8. The summed E-state index contributed by atoms with van der Waals surface area (Å²) in [5.74, 6) is 1.04. The molecule has 2 aliphatic heterocycles. The van der Waals surface area contributed by atoms with E-state index in [-0.39, 0.29) is 5.92 Å². The van der Waals surface area contributed by atoms with Gasteiger partial charge in [0.05, 0.1) is 5.60 Å². The predicted molar refractivity (Wildman–Crippen MR) is 150 cm³/mol. The summed E-state index contributed by atoms with van der Waals surface area (Å²) in [6.45, 7) is 6.67. The molecule has 194 valence electrons. The molecule has 2 heterocycles.